The highest BCUT2D eigenvalue weighted by Crippen LogP contribution is 2.17. The molecular weight excluding hydrogens is 268 g/mol. The van der Waals surface area contributed by atoms with Crippen LogP contribution >= 0.6 is 11.8 Å². The fourth-order valence-corrected chi connectivity index (χ4v) is 2.63. The first-order valence-electron chi connectivity index (χ1n) is 6.61. The third-order valence-electron chi connectivity index (χ3n) is 2.75. The maximum Gasteiger partial charge on any atom is 0.221 e. The average Bonchev–Trinajstić information content (AvgIpc) is 2.46. The Kier molecular flexibility index (Phi) is 5.62. The van der Waals surface area contributed by atoms with Gasteiger partial charge in [0.15, 0.2) is 0 Å². The summed E-state index contributed by atoms with van der Waals surface area (Å²) in [5, 5.41) is 2.90. The van der Waals surface area contributed by atoms with Crippen LogP contribution in [0.5, 0.6) is 0 Å². The van der Waals surface area contributed by atoms with Crippen LogP contribution in [0, 0.1) is 6.92 Å². The van der Waals surface area contributed by atoms with Gasteiger partial charge < -0.3 is 5.32 Å². The van der Waals surface area contributed by atoms with Gasteiger partial charge in [0.05, 0.1) is 12.2 Å². The Morgan fingerprint density at radius 2 is 1.95 bits per heavy atom. The van der Waals surface area contributed by atoms with E-state index in [9.17, 15) is 4.79 Å². The van der Waals surface area contributed by atoms with Crippen molar-refractivity contribution in [2.75, 3.05) is 5.75 Å². The number of aromatic nitrogens is 1. The van der Waals surface area contributed by atoms with Crippen molar-refractivity contribution in [3.05, 3.63) is 59.9 Å². The number of hydrogen-bond acceptors (Lipinski definition) is 3. The summed E-state index contributed by atoms with van der Waals surface area (Å²) in [6, 6.07) is 15.9. The predicted octanol–water partition coefficient (Wildman–Crippen LogP) is 3.19. The molecule has 2 rings (SSSR count). The summed E-state index contributed by atoms with van der Waals surface area (Å²) in [5.74, 6) is 0.855. The zero-order valence-electron chi connectivity index (χ0n) is 11.5. The molecule has 1 aromatic heterocycles. The molecule has 0 saturated heterocycles. The molecule has 4 heteroatoms. The second kappa shape index (κ2) is 7.70. The Bertz CT molecular complexity index is 557. The van der Waals surface area contributed by atoms with E-state index in [1.807, 2.05) is 43.3 Å². The Hall–Kier alpha value is -1.81. The highest BCUT2D eigenvalue weighted by atomic mass is 32.2. The summed E-state index contributed by atoms with van der Waals surface area (Å²) in [5.41, 5.74) is 1.87. The lowest BCUT2D eigenvalue weighted by Gasteiger charge is -2.05. The fourth-order valence-electron chi connectivity index (χ4n) is 1.75. The second-order valence-electron chi connectivity index (χ2n) is 4.46. The minimum Gasteiger partial charge on any atom is -0.350 e. The van der Waals surface area contributed by atoms with Gasteiger partial charge in [0.1, 0.15) is 0 Å². The van der Waals surface area contributed by atoms with Gasteiger partial charge in [-0.25, -0.2) is 0 Å². The van der Waals surface area contributed by atoms with Crippen molar-refractivity contribution in [3.8, 4) is 0 Å². The monoisotopic (exact) mass is 286 g/mol. The lowest BCUT2D eigenvalue weighted by molar-refractivity contribution is -0.120. The van der Waals surface area contributed by atoms with Crippen molar-refractivity contribution >= 4 is 17.7 Å². The lowest BCUT2D eigenvalue weighted by Crippen LogP contribution is -2.23. The molecule has 1 heterocycles. The molecule has 0 saturated carbocycles. The number of carbonyl (C=O) groups is 1. The topological polar surface area (TPSA) is 42.0 Å². The number of amides is 1. The Morgan fingerprint density at radius 3 is 2.70 bits per heavy atom. The predicted molar refractivity (Wildman–Crippen MR) is 82.6 cm³/mol. The summed E-state index contributed by atoms with van der Waals surface area (Å²) in [6.07, 6.45) is 0.519. The van der Waals surface area contributed by atoms with E-state index in [1.54, 1.807) is 11.8 Å². The zero-order chi connectivity index (χ0) is 14.2. The molecule has 0 unspecified atom stereocenters. The van der Waals surface area contributed by atoms with Gasteiger partial charge in [0.2, 0.25) is 5.91 Å². The van der Waals surface area contributed by atoms with Crippen molar-refractivity contribution < 1.29 is 4.79 Å². The number of nitrogens with zero attached hydrogens (tertiary/aromatic N) is 1. The molecule has 20 heavy (non-hydrogen) atoms. The van der Waals surface area contributed by atoms with Gasteiger partial charge in [0.25, 0.3) is 0 Å². The molecule has 0 radical (unpaired) electrons. The summed E-state index contributed by atoms with van der Waals surface area (Å²) >= 11 is 1.70. The van der Waals surface area contributed by atoms with Crippen molar-refractivity contribution in [1.29, 1.82) is 0 Å². The van der Waals surface area contributed by atoms with Crippen molar-refractivity contribution in [2.24, 2.45) is 0 Å². The zero-order valence-corrected chi connectivity index (χ0v) is 12.3. The number of carbonyl (C=O) groups excluding carboxylic acids is 1. The van der Waals surface area contributed by atoms with Crippen LogP contribution in [0.4, 0.5) is 0 Å². The van der Waals surface area contributed by atoms with Crippen LogP contribution in [-0.2, 0) is 11.3 Å². The SMILES string of the molecule is Cc1cccc(CNC(=O)CCSc2ccccc2)n1. The van der Waals surface area contributed by atoms with Crippen molar-refractivity contribution in [3.63, 3.8) is 0 Å². The van der Waals surface area contributed by atoms with Crippen LogP contribution in [0.15, 0.2) is 53.4 Å². The first-order chi connectivity index (χ1) is 9.74. The number of nitrogens with one attached hydrogen (secondary N) is 1. The molecule has 0 fully saturated rings. The van der Waals surface area contributed by atoms with E-state index < -0.39 is 0 Å². The molecule has 1 amide bonds. The largest absolute Gasteiger partial charge is 0.350 e. The van der Waals surface area contributed by atoms with Gasteiger partial charge in [-0.05, 0) is 31.2 Å². The number of benzene rings is 1. The molecule has 1 N–H and O–H groups in total. The highest BCUT2D eigenvalue weighted by Gasteiger charge is 2.02. The smallest absolute Gasteiger partial charge is 0.221 e. The molecule has 1 aromatic carbocycles. The highest BCUT2D eigenvalue weighted by molar-refractivity contribution is 7.99. The van der Waals surface area contributed by atoms with Crippen molar-refractivity contribution in [1.82, 2.24) is 10.3 Å². The summed E-state index contributed by atoms with van der Waals surface area (Å²) in [7, 11) is 0. The van der Waals surface area contributed by atoms with E-state index >= 15 is 0 Å². The van der Waals surface area contributed by atoms with E-state index in [1.165, 1.54) is 4.90 Å². The molecule has 3 nitrogen and oxygen atoms in total. The number of rotatable bonds is 6. The van der Waals surface area contributed by atoms with Gasteiger partial charge in [-0.1, -0.05) is 24.3 Å². The first kappa shape index (κ1) is 14.6. The van der Waals surface area contributed by atoms with E-state index in [2.05, 4.69) is 22.4 Å². The molecule has 0 aliphatic rings. The van der Waals surface area contributed by atoms with Gasteiger partial charge in [-0.15, -0.1) is 11.8 Å². The van der Waals surface area contributed by atoms with Crippen LogP contribution in [0.25, 0.3) is 0 Å². The Labute approximate surface area is 123 Å². The van der Waals surface area contributed by atoms with E-state index in [-0.39, 0.29) is 5.91 Å². The minimum absolute atomic E-state index is 0.0664. The van der Waals surface area contributed by atoms with E-state index in [0.29, 0.717) is 13.0 Å². The summed E-state index contributed by atoms with van der Waals surface area (Å²) in [4.78, 5) is 17.3. The Morgan fingerprint density at radius 1 is 1.15 bits per heavy atom. The van der Waals surface area contributed by atoms with Crippen LogP contribution in [0.1, 0.15) is 17.8 Å². The standard InChI is InChI=1S/C16H18N2OS/c1-13-6-5-7-14(18-13)12-17-16(19)10-11-20-15-8-3-2-4-9-15/h2-9H,10-12H2,1H3,(H,17,19). The van der Waals surface area contributed by atoms with Gasteiger partial charge in [-0.2, -0.15) is 0 Å². The van der Waals surface area contributed by atoms with Crippen LogP contribution in [-0.4, -0.2) is 16.6 Å². The summed E-state index contributed by atoms with van der Waals surface area (Å²) < 4.78 is 0. The Balaban J connectivity index is 1.68. The number of thioether (sulfide) groups is 1. The van der Waals surface area contributed by atoms with E-state index in [4.69, 9.17) is 0 Å². The molecule has 0 bridgehead atoms. The second-order valence-corrected chi connectivity index (χ2v) is 5.63. The first-order valence-corrected chi connectivity index (χ1v) is 7.60. The van der Waals surface area contributed by atoms with Gasteiger partial charge >= 0.3 is 0 Å². The number of hydrogen-bond donors (Lipinski definition) is 1. The molecule has 0 atom stereocenters. The molecular formula is C16H18N2OS. The number of pyridine rings is 1. The maximum absolute atomic E-state index is 11.7. The van der Waals surface area contributed by atoms with E-state index in [0.717, 1.165) is 17.1 Å². The van der Waals surface area contributed by atoms with Crippen molar-refractivity contribution in [2.45, 2.75) is 24.8 Å². The molecule has 104 valence electrons. The third kappa shape index (κ3) is 5.05. The third-order valence-corrected chi connectivity index (χ3v) is 3.77. The minimum atomic E-state index is 0.0664. The van der Waals surface area contributed by atoms with Gasteiger partial charge in [-0.3, -0.25) is 9.78 Å². The fraction of sp³-hybridized carbons (Fsp3) is 0.250. The quantitative estimate of drug-likeness (QED) is 0.829. The van der Waals surface area contributed by atoms with Crippen LogP contribution < -0.4 is 5.32 Å². The molecule has 2 aromatic rings. The molecule has 0 spiro atoms. The molecule has 0 aliphatic carbocycles. The van der Waals surface area contributed by atoms with Crippen LogP contribution in [0.3, 0.4) is 0 Å². The maximum atomic E-state index is 11.7. The number of aryl methyl sites for hydroxylation is 1. The molecule has 0 aliphatic heterocycles. The lowest BCUT2D eigenvalue weighted by atomic mass is 10.3. The summed E-state index contributed by atoms with van der Waals surface area (Å²) in [6.45, 7) is 2.44. The normalized spacial score (nSPS) is 10.2. The van der Waals surface area contributed by atoms with Gasteiger partial charge in [0, 0.05) is 22.8 Å². The average molecular weight is 286 g/mol. The van der Waals surface area contributed by atoms with Crippen LogP contribution in [0.2, 0.25) is 0 Å².